The number of hydrogen-bond donors (Lipinski definition) is 1. The first-order valence-electron chi connectivity index (χ1n) is 6.19. The first kappa shape index (κ1) is 14.4. The van der Waals surface area contributed by atoms with E-state index in [0.29, 0.717) is 16.1 Å². The van der Waals surface area contributed by atoms with Crippen LogP contribution in [0.4, 0.5) is 0 Å². The summed E-state index contributed by atoms with van der Waals surface area (Å²) in [5.41, 5.74) is 2.86. The molecule has 0 amide bonds. The van der Waals surface area contributed by atoms with Crippen LogP contribution in [0.15, 0.2) is 24.4 Å². The molecule has 0 unspecified atom stereocenters. The second-order valence-corrected chi connectivity index (χ2v) is 5.60. The molecule has 0 aliphatic rings. The lowest BCUT2D eigenvalue weighted by molar-refractivity contribution is 0.589. The van der Waals surface area contributed by atoms with E-state index in [1.54, 1.807) is 10.7 Å². The average molecular weight is 298 g/mol. The number of rotatable bonds is 4. The van der Waals surface area contributed by atoms with Crippen molar-refractivity contribution in [3.05, 3.63) is 40.0 Å². The lowest BCUT2D eigenvalue weighted by Gasteiger charge is -2.09. The van der Waals surface area contributed by atoms with Crippen molar-refractivity contribution >= 4 is 23.2 Å². The fourth-order valence-electron chi connectivity index (χ4n) is 1.89. The van der Waals surface area contributed by atoms with Gasteiger partial charge in [0.25, 0.3) is 0 Å². The van der Waals surface area contributed by atoms with Crippen molar-refractivity contribution in [2.45, 2.75) is 26.4 Å². The van der Waals surface area contributed by atoms with Crippen LogP contribution in [0.3, 0.4) is 0 Å². The first-order chi connectivity index (χ1) is 8.99. The largest absolute Gasteiger partial charge is 0.310 e. The Hall–Kier alpha value is -1.03. The number of halogens is 2. The van der Waals surface area contributed by atoms with Crippen LogP contribution in [0, 0.1) is 0 Å². The van der Waals surface area contributed by atoms with Crippen molar-refractivity contribution < 1.29 is 0 Å². The molecule has 0 atom stereocenters. The van der Waals surface area contributed by atoms with Gasteiger partial charge in [-0.1, -0.05) is 49.2 Å². The van der Waals surface area contributed by atoms with E-state index in [4.69, 9.17) is 23.2 Å². The highest BCUT2D eigenvalue weighted by atomic mass is 35.5. The molecule has 0 radical (unpaired) electrons. The van der Waals surface area contributed by atoms with Crippen molar-refractivity contribution in [2.24, 2.45) is 7.05 Å². The molecule has 1 aromatic heterocycles. The zero-order valence-corrected chi connectivity index (χ0v) is 12.8. The van der Waals surface area contributed by atoms with Gasteiger partial charge in [0.05, 0.1) is 15.7 Å². The molecule has 0 saturated heterocycles. The van der Waals surface area contributed by atoms with E-state index in [1.807, 2.05) is 25.4 Å². The lowest BCUT2D eigenvalue weighted by Crippen LogP contribution is -2.21. The van der Waals surface area contributed by atoms with E-state index in [9.17, 15) is 0 Å². The van der Waals surface area contributed by atoms with Gasteiger partial charge in [-0.2, -0.15) is 5.10 Å². The van der Waals surface area contributed by atoms with Gasteiger partial charge >= 0.3 is 0 Å². The minimum absolute atomic E-state index is 0.419. The number of benzene rings is 1. The molecule has 3 nitrogen and oxygen atoms in total. The molecule has 1 heterocycles. The summed E-state index contributed by atoms with van der Waals surface area (Å²) >= 11 is 12.3. The fraction of sp³-hybridized carbons (Fsp3) is 0.357. The molecule has 0 aliphatic carbocycles. The molecular formula is C14H17Cl2N3. The highest BCUT2D eigenvalue weighted by Crippen LogP contribution is 2.34. The maximum absolute atomic E-state index is 6.27. The highest BCUT2D eigenvalue weighted by Gasteiger charge is 2.14. The van der Waals surface area contributed by atoms with Crippen LogP contribution in [0.2, 0.25) is 10.0 Å². The number of hydrogen-bond acceptors (Lipinski definition) is 2. The Balaban J connectivity index is 2.41. The molecular weight excluding hydrogens is 281 g/mol. The predicted molar refractivity (Wildman–Crippen MR) is 80.6 cm³/mol. The first-order valence-corrected chi connectivity index (χ1v) is 6.95. The van der Waals surface area contributed by atoms with Crippen LogP contribution in [0.25, 0.3) is 11.3 Å². The second-order valence-electron chi connectivity index (χ2n) is 4.81. The molecule has 0 aliphatic heterocycles. The van der Waals surface area contributed by atoms with E-state index >= 15 is 0 Å². The van der Waals surface area contributed by atoms with Gasteiger partial charge in [0, 0.05) is 37.0 Å². The molecule has 1 aromatic carbocycles. The minimum atomic E-state index is 0.419. The van der Waals surface area contributed by atoms with Gasteiger partial charge in [0.15, 0.2) is 0 Å². The van der Waals surface area contributed by atoms with Gasteiger partial charge in [-0.25, -0.2) is 0 Å². The summed E-state index contributed by atoms with van der Waals surface area (Å²) in [6.45, 7) is 4.98. The van der Waals surface area contributed by atoms with Gasteiger partial charge < -0.3 is 5.32 Å². The number of aromatic nitrogens is 2. The fourth-order valence-corrected chi connectivity index (χ4v) is 2.28. The molecule has 102 valence electrons. The smallest absolute Gasteiger partial charge is 0.0983 e. The number of nitrogens with one attached hydrogen (secondary N) is 1. The molecule has 1 N–H and O–H groups in total. The molecule has 5 heteroatoms. The van der Waals surface area contributed by atoms with Crippen molar-refractivity contribution in [1.29, 1.82) is 0 Å². The van der Waals surface area contributed by atoms with Crippen molar-refractivity contribution in [1.82, 2.24) is 15.1 Å². The third-order valence-corrected chi connectivity index (χ3v) is 3.63. The zero-order chi connectivity index (χ0) is 14.0. The summed E-state index contributed by atoms with van der Waals surface area (Å²) in [5, 5.41) is 8.98. The molecule has 0 bridgehead atoms. The Morgan fingerprint density at radius 3 is 2.74 bits per heavy atom. The number of aryl methyl sites for hydroxylation is 1. The van der Waals surface area contributed by atoms with Crippen molar-refractivity contribution in [3.8, 4) is 11.3 Å². The van der Waals surface area contributed by atoms with E-state index in [2.05, 4.69) is 24.3 Å². The van der Waals surface area contributed by atoms with Gasteiger partial charge in [-0.3, -0.25) is 4.68 Å². The minimum Gasteiger partial charge on any atom is -0.310 e. The van der Waals surface area contributed by atoms with Gasteiger partial charge in [0.2, 0.25) is 0 Å². The summed E-state index contributed by atoms with van der Waals surface area (Å²) in [6.07, 6.45) is 2.00. The predicted octanol–water partition coefficient (Wildman–Crippen LogP) is 3.89. The zero-order valence-electron chi connectivity index (χ0n) is 11.2. The molecule has 0 spiro atoms. The van der Waals surface area contributed by atoms with Crippen LogP contribution in [0.5, 0.6) is 0 Å². The summed E-state index contributed by atoms with van der Waals surface area (Å²) in [4.78, 5) is 0. The Kier molecular flexibility index (Phi) is 4.50. The van der Waals surface area contributed by atoms with Crippen LogP contribution < -0.4 is 5.32 Å². The van der Waals surface area contributed by atoms with Crippen LogP contribution >= 0.6 is 23.2 Å². The van der Waals surface area contributed by atoms with Crippen molar-refractivity contribution in [2.75, 3.05) is 0 Å². The highest BCUT2D eigenvalue weighted by molar-refractivity contribution is 6.43. The summed E-state index contributed by atoms with van der Waals surface area (Å²) < 4.78 is 1.80. The summed E-state index contributed by atoms with van der Waals surface area (Å²) in [7, 11) is 1.90. The third kappa shape index (κ3) is 3.30. The maximum Gasteiger partial charge on any atom is 0.0983 e. The van der Waals surface area contributed by atoms with Crippen LogP contribution in [0.1, 0.15) is 19.4 Å². The Bertz CT molecular complexity index is 576. The topological polar surface area (TPSA) is 29.9 Å². The summed E-state index contributed by atoms with van der Waals surface area (Å²) in [5.74, 6) is 0. The lowest BCUT2D eigenvalue weighted by atomic mass is 10.1. The van der Waals surface area contributed by atoms with E-state index in [0.717, 1.165) is 23.4 Å². The SMILES string of the molecule is CC(C)NCc1cn(C)nc1-c1cccc(Cl)c1Cl. The van der Waals surface area contributed by atoms with E-state index < -0.39 is 0 Å². The Labute approximate surface area is 123 Å². The normalized spacial score (nSPS) is 11.3. The van der Waals surface area contributed by atoms with Gasteiger partial charge in [-0.15, -0.1) is 0 Å². The molecule has 19 heavy (non-hydrogen) atoms. The van der Waals surface area contributed by atoms with Crippen molar-refractivity contribution in [3.63, 3.8) is 0 Å². The maximum atomic E-state index is 6.27. The van der Waals surface area contributed by atoms with Gasteiger partial charge in [-0.05, 0) is 6.07 Å². The Morgan fingerprint density at radius 1 is 1.32 bits per heavy atom. The molecule has 0 saturated carbocycles. The molecule has 0 fully saturated rings. The molecule has 2 aromatic rings. The monoisotopic (exact) mass is 297 g/mol. The quantitative estimate of drug-likeness (QED) is 0.928. The third-order valence-electron chi connectivity index (χ3n) is 2.81. The van der Waals surface area contributed by atoms with Crippen LogP contribution in [-0.4, -0.2) is 15.8 Å². The number of nitrogens with zero attached hydrogens (tertiary/aromatic N) is 2. The summed E-state index contributed by atoms with van der Waals surface area (Å²) in [6, 6.07) is 6.03. The van der Waals surface area contributed by atoms with Gasteiger partial charge in [0.1, 0.15) is 0 Å². The average Bonchev–Trinajstić information content (AvgIpc) is 2.71. The standard InChI is InChI=1S/C14H17Cl2N3/c1-9(2)17-7-10-8-19(3)18-14(10)11-5-4-6-12(15)13(11)16/h4-6,8-9,17H,7H2,1-3H3. The molecule has 2 rings (SSSR count). The Morgan fingerprint density at radius 2 is 2.05 bits per heavy atom. The second kappa shape index (κ2) is 5.95. The van der Waals surface area contributed by atoms with E-state index in [-0.39, 0.29) is 0 Å². The van der Waals surface area contributed by atoms with E-state index in [1.165, 1.54) is 0 Å². The van der Waals surface area contributed by atoms with Crippen LogP contribution in [-0.2, 0) is 13.6 Å².